The maximum Gasteiger partial charge on any atom is 0.193 e. The molecule has 0 spiro atoms. The zero-order valence-electron chi connectivity index (χ0n) is 12.4. The van der Waals surface area contributed by atoms with E-state index in [2.05, 4.69) is 42.7 Å². The molecule has 0 bridgehead atoms. The van der Waals surface area contributed by atoms with Gasteiger partial charge in [-0.15, -0.1) is 24.0 Å². The smallest absolute Gasteiger partial charge is 0.193 e. The van der Waals surface area contributed by atoms with Crippen molar-refractivity contribution in [1.29, 1.82) is 0 Å². The van der Waals surface area contributed by atoms with Crippen LogP contribution in [-0.4, -0.2) is 48.0 Å². The maximum atomic E-state index is 4.86. The molecule has 0 aromatic heterocycles. The third-order valence-corrected chi connectivity index (χ3v) is 5.31. The molecule has 0 aromatic rings. The number of guanidine groups is 1. The van der Waals surface area contributed by atoms with Gasteiger partial charge in [0.05, 0.1) is 0 Å². The number of thioether (sulfide) groups is 1. The second-order valence-electron chi connectivity index (χ2n) is 5.83. The van der Waals surface area contributed by atoms with Crippen LogP contribution in [-0.2, 0) is 0 Å². The van der Waals surface area contributed by atoms with E-state index in [4.69, 9.17) is 4.99 Å². The Labute approximate surface area is 139 Å². The molecule has 1 unspecified atom stereocenters. The summed E-state index contributed by atoms with van der Waals surface area (Å²) in [6.45, 7) is 11.1. The van der Waals surface area contributed by atoms with Crippen molar-refractivity contribution in [1.82, 2.24) is 10.2 Å². The molecule has 1 atom stereocenters. The first-order chi connectivity index (χ1) is 8.67. The largest absolute Gasteiger partial charge is 0.357 e. The molecule has 5 heteroatoms. The van der Waals surface area contributed by atoms with Crippen LogP contribution in [0.3, 0.4) is 0 Å². The summed E-state index contributed by atoms with van der Waals surface area (Å²) >= 11 is 2.11. The first-order valence-electron chi connectivity index (χ1n) is 7.32. The van der Waals surface area contributed by atoms with E-state index in [0.717, 1.165) is 37.4 Å². The zero-order chi connectivity index (χ0) is 13.0. The molecule has 3 nitrogen and oxygen atoms in total. The molecule has 112 valence electrons. The van der Waals surface area contributed by atoms with Gasteiger partial charge in [-0.05, 0) is 31.6 Å². The van der Waals surface area contributed by atoms with E-state index in [1.54, 1.807) is 0 Å². The van der Waals surface area contributed by atoms with Crippen LogP contribution in [0.2, 0.25) is 0 Å². The van der Waals surface area contributed by atoms with Gasteiger partial charge in [0, 0.05) is 37.2 Å². The molecule has 1 heterocycles. The Balaban J connectivity index is 0.00000180. The fraction of sp³-hybridized carbons (Fsp3) is 0.929. The van der Waals surface area contributed by atoms with Gasteiger partial charge in [0.15, 0.2) is 5.96 Å². The van der Waals surface area contributed by atoms with Crippen LogP contribution in [0.15, 0.2) is 4.99 Å². The first kappa shape index (κ1) is 17.4. The van der Waals surface area contributed by atoms with Gasteiger partial charge in [0.2, 0.25) is 0 Å². The molecule has 1 N–H and O–H groups in total. The molecule has 0 aromatic carbocycles. The van der Waals surface area contributed by atoms with Gasteiger partial charge in [-0.25, -0.2) is 0 Å². The fourth-order valence-corrected chi connectivity index (χ4v) is 3.40. The SMILES string of the molecule is CCNC(=NCC1(C)CC1)N1CCSC(CC)C1.I. The molecular formula is C14H28IN3S. The minimum atomic E-state index is 0. The standard InChI is InChI=1S/C14H27N3S.HI/c1-4-12-10-17(8-9-18-12)13(15-5-2)16-11-14(3)6-7-14;/h12H,4-11H2,1-3H3,(H,15,16);1H. The minimum absolute atomic E-state index is 0. The van der Waals surface area contributed by atoms with Crippen LogP contribution in [0.25, 0.3) is 0 Å². The molecule has 1 saturated heterocycles. The van der Waals surface area contributed by atoms with Crippen LogP contribution in [0.5, 0.6) is 0 Å². The predicted molar refractivity (Wildman–Crippen MR) is 96.8 cm³/mol. The molecule has 1 saturated carbocycles. The highest BCUT2D eigenvalue weighted by atomic mass is 127. The number of halogens is 1. The lowest BCUT2D eigenvalue weighted by atomic mass is 10.1. The highest BCUT2D eigenvalue weighted by Gasteiger charge is 2.37. The Morgan fingerprint density at radius 1 is 1.42 bits per heavy atom. The second kappa shape index (κ2) is 7.96. The van der Waals surface area contributed by atoms with Gasteiger partial charge in [0.25, 0.3) is 0 Å². The third kappa shape index (κ3) is 5.33. The molecule has 0 amide bonds. The monoisotopic (exact) mass is 397 g/mol. The summed E-state index contributed by atoms with van der Waals surface area (Å²) < 4.78 is 0. The van der Waals surface area contributed by atoms with E-state index in [0.29, 0.717) is 5.41 Å². The fourth-order valence-electron chi connectivity index (χ4n) is 2.22. The van der Waals surface area contributed by atoms with Gasteiger partial charge in [-0.2, -0.15) is 11.8 Å². The van der Waals surface area contributed by atoms with Gasteiger partial charge in [-0.1, -0.05) is 13.8 Å². The Kier molecular flexibility index (Phi) is 7.29. The van der Waals surface area contributed by atoms with E-state index >= 15 is 0 Å². The average molecular weight is 397 g/mol. The van der Waals surface area contributed by atoms with Crippen LogP contribution in [0, 0.1) is 5.41 Å². The molecule has 1 aliphatic heterocycles. The summed E-state index contributed by atoms with van der Waals surface area (Å²) in [7, 11) is 0. The molecule has 2 rings (SSSR count). The summed E-state index contributed by atoms with van der Waals surface area (Å²) in [6, 6.07) is 0. The van der Waals surface area contributed by atoms with Crippen LogP contribution in [0.1, 0.15) is 40.0 Å². The van der Waals surface area contributed by atoms with Crippen molar-refractivity contribution in [2.45, 2.75) is 45.3 Å². The van der Waals surface area contributed by atoms with E-state index in [9.17, 15) is 0 Å². The van der Waals surface area contributed by atoms with Gasteiger partial charge < -0.3 is 10.2 Å². The third-order valence-electron chi connectivity index (χ3n) is 3.94. The molecular weight excluding hydrogens is 369 g/mol. The van der Waals surface area contributed by atoms with Crippen molar-refractivity contribution < 1.29 is 0 Å². The number of nitrogens with zero attached hydrogens (tertiary/aromatic N) is 2. The summed E-state index contributed by atoms with van der Waals surface area (Å²) in [5.74, 6) is 2.38. The average Bonchev–Trinajstić information content (AvgIpc) is 3.13. The predicted octanol–water partition coefficient (Wildman–Crippen LogP) is 3.20. The lowest BCUT2D eigenvalue weighted by Gasteiger charge is -2.34. The van der Waals surface area contributed by atoms with Crippen molar-refractivity contribution >= 4 is 41.7 Å². The summed E-state index contributed by atoms with van der Waals surface area (Å²) in [5, 5.41) is 4.24. The lowest BCUT2D eigenvalue weighted by molar-refractivity contribution is 0.405. The Morgan fingerprint density at radius 3 is 2.74 bits per heavy atom. The van der Waals surface area contributed by atoms with Crippen LogP contribution >= 0.6 is 35.7 Å². The van der Waals surface area contributed by atoms with Gasteiger partial charge in [0.1, 0.15) is 0 Å². The van der Waals surface area contributed by atoms with Crippen molar-refractivity contribution in [2.75, 3.05) is 31.9 Å². The Morgan fingerprint density at radius 2 is 2.16 bits per heavy atom. The molecule has 1 aliphatic carbocycles. The van der Waals surface area contributed by atoms with Gasteiger partial charge in [-0.3, -0.25) is 4.99 Å². The summed E-state index contributed by atoms with van der Waals surface area (Å²) in [4.78, 5) is 7.32. The van der Waals surface area contributed by atoms with E-state index in [-0.39, 0.29) is 24.0 Å². The van der Waals surface area contributed by atoms with Crippen molar-refractivity contribution in [3.63, 3.8) is 0 Å². The van der Waals surface area contributed by atoms with E-state index < -0.39 is 0 Å². The first-order valence-corrected chi connectivity index (χ1v) is 8.36. The van der Waals surface area contributed by atoms with Crippen molar-refractivity contribution in [2.24, 2.45) is 10.4 Å². The topological polar surface area (TPSA) is 27.6 Å². The maximum absolute atomic E-state index is 4.86. The molecule has 19 heavy (non-hydrogen) atoms. The number of aliphatic imine (C=N–C) groups is 1. The second-order valence-corrected chi connectivity index (χ2v) is 7.24. The van der Waals surface area contributed by atoms with Crippen molar-refractivity contribution in [3.8, 4) is 0 Å². The lowest BCUT2D eigenvalue weighted by Crippen LogP contribution is -2.48. The molecule has 2 aliphatic rings. The molecule has 2 fully saturated rings. The Hall–Kier alpha value is 0.350. The normalized spacial score (nSPS) is 25.7. The highest BCUT2D eigenvalue weighted by Crippen LogP contribution is 2.45. The zero-order valence-corrected chi connectivity index (χ0v) is 15.6. The molecule has 0 radical (unpaired) electrons. The number of nitrogens with one attached hydrogen (secondary N) is 1. The number of hydrogen-bond acceptors (Lipinski definition) is 2. The van der Waals surface area contributed by atoms with E-state index in [1.165, 1.54) is 25.0 Å². The number of rotatable bonds is 4. The summed E-state index contributed by atoms with van der Waals surface area (Å²) in [6.07, 6.45) is 3.96. The van der Waals surface area contributed by atoms with Crippen LogP contribution in [0.4, 0.5) is 0 Å². The Bertz CT molecular complexity index is 305. The van der Waals surface area contributed by atoms with Crippen molar-refractivity contribution in [3.05, 3.63) is 0 Å². The highest BCUT2D eigenvalue weighted by molar-refractivity contribution is 14.0. The number of hydrogen-bond donors (Lipinski definition) is 1. The minimum Gasteiger partial charge on any atom is -0.357 e. The summed E-state index contributed by atoms with van der Waals surface area (Å²) in [5.41, 5.74) is 0.509. The van der Waals surface area contributed by atoms with Crippen LogP contribution < -0.4 is 5.32 Å². The quantitative estimate of drug-likeness (QED) is 0.449. The van der Waals surface area contributed by atoms with E-state index in [1.807, 2.05) is 0 Å². The van der Waals surface area contributed by atoms with Gasteiger partial charge >= 0.3 is 0 Å².